The van der Waals surface area contributed by atoms with E-state index in [4.69, 9.17) is 0 Å². The highest BCUT2D eigenvalue weighted by Gasteiger charge is 2.29. The van der Waals surface area contributed by atoms with Crippen LogP contribution in [0.1, 0.15) is 103 Å². The SMILES string of the molecule is CCCCCCCCCCCCC(C(Cc1ccccc1)C(C)C)[n+]1cc[nH]c1. The quantitative estimate of drug-likeness (QED) is 0.221. The Kier molecular flexibility index (Phi) is 11.8. The topological polar surface area (TPSA) is 19.7 Å². The molecule has 0 aliphatic heterocycles. The van der Waals surface area contributed by atoms with Crippen LogP contribution in [-0.2, 0) is 6.42 Å². The number of nitrogens with zero attached hydrogens (tertiary/aromatic N) is 1. The normalized spacial score (nSPS) is 13.7. The fraction of sp³-hybridized carbons (Fsp3) is 0.667. The Morgan fingerprint density at radius 1 is 0.828 bits per heavy atom. The summed E-state index contributed by atoms with van der Waals surface area (Å²) in [6, 6.07) is 11.6. The van der Waals surface area contributed by atoms with Crippen LogP contribution in [0.25, 0.3) is 0 Å². The molecule has 0 radical (unpaired) electrons. The third kappa shape index (κ3) is 9.19. The van der Waals surface area contributed by atoms with Gasteiger partial charge >= 0.3 is 0 Å². The van der Waals surface area contributed by atoms with Gasteiger partial charge in [-0.1, -0.05) is 109 Å². The molecule has 29 heavy (non-hydrogen) atoms. The fourth-order valence-electron chi connectivity index (χ4n) is 4.63. The Labute approximate surface area is 180 Å². The Balaban J connectivity index is 1.80. The van der Waals surface area contributed by atoms with E-state index in [1.54, 1.807) is 0 Å². The molecule has 2 nitrogen and oxygen atoms in total. The Hall–Kier alpha value is -1.57. The summed E-state index contributed by atoms with van der Waals surface area (Å²) in [5.41, 5.74) is 1.47. The lowest BCUT2D eigenvalue weighted by molar-refractivity contribution is -0.731. The molecule has 0 amide bonds. The Bertz CT molecular complexity index is 603. The first-order chi connectivity index (χ1) is 14.2. The number of benzene rings is 1. The van der Waals surface area contributed by atoms with Gasteiger partial charge in [0.2, 0.25) is 6.33 Å². The number of aromatic nitrogens is 2. The third-order valence-corrected chi connectivity index (χ3v) is 6.47. The van der Waals surface area contributed by atoms with Gasteiger partial charge in [-0.2, -0.15) is 0 Å². The second-order valence-corrected chi connectivity index (χ2v) is 9.19. The minimum Gasteiger partial charge on any atom is -0.250 e. The summed E-state index contributed by atoms with van der Waals surface area (Å²) >= 11 is 0. The second-order valence-electron chi connectivity index (χ2n) is 9.19. The number of hydrogen-bond acceptors (Lipinski definition) is 0. The molecule has 2 unspecified atom stereocenters. The fourth-order valence-corrected chi connectivity index (χ4v) is 4.63. The van der Waals surface area contributed by atoms with Gasteiger partial charge in [-0.3, -0.25) is 4.98 Å². The van der Waals surface area contributed by atoms with Crippen molar-refractivity contribution in [3.8, 4) is 0 Å². The van der Waals surface area contributed by atoms with Crippen LogP contribution in [0.4, 0.5) is 0 Å². The summed E-state index contributed by atoms with van der Waals surface area (Å²) in [5.74, 6) is 1.34. The van der Waals surface area contributed by atoms with Gasteiger partial charge in [0, 0.05) is 5.92 Å². The van der Waals surface area contributed by atoms with Crippen LogP contribution in [0.3, 0.4) is 0 Å². The summed E-state index contributed by atoms with van der Waals surface area (Å²) in [4.78, 5) is 3.27. The summed E-state index contributed by atoms with van der Waals surface area (Å²) < 4.78 is 2.43. The number of aromatic amines is 1. The maximum Gasteiger partial charge on any atom is 0.241 e. The van der Waals surface area contributed by atoms with Crippen molar-refractivity contribution in [1.82, 2.24) is 4.98 Å². The van der Waals surface area contributed by atoms with Crippen molar-refractivity contribution in [2.45, 2.75) is 104 Å². The van der Waals surface area contributed by atoms with Gasteiger partial charge in [0.05, 0.1) is 0 Å². The molecule has 1 heterocycles. The first kappa shape index (κ1) is 23.7. The maximum absolute atomic E-state index is 3.27. The highest BCUT2D eigenvalue weighted by molar-refractivity contribution is 5.15. The third-order valence-electron chi connectivity index (χ3n) is 6.47. The van der Waals surface area contributed by atoms with Crippen LogP contribution in [0.2, 0.25) is 0 Å². The summed E-state index contributed by atoms with van der Waals surface area (Å²) in [7, 11) is 0. The van der Waals surface area contributed by atoms with E-state index < -0.39 is 0 Å². The molecule has 0 saturated heterocycles. The zero-order valence-electron chi connectivity index (χ0n) is 19.3. The zero-order chi connectivity index (χ0) is 20.7. The highest BCUT2D eigenvalue weighted by Crippen LogP contribution is 2.30. The number of rotatable bonds is 16. The van der Waals surface area contributed by atoms with Crippen molar-refractivity contribution in [1.29, 1.82) is 0 Å². The molecule has 2 aromatic rings. The van der Waals surface area contributed by atoms with Crippen LogP contribution in [0.5, 0.6) is 0 Å². The highest BCUT2D eigenvalue weighted by atomic mass is 15.1. The molecule has 0 bridgehead atoms. The van der Waals surface area contributed by atoms with Gasteiger partial charge in [0.15, 0.2) is 0 Å². The van der Waals surface area contributed by atoms with Gasteiger partial charge in [-0.25, -0.2) is 4.57 Å². The molecule has 2 rings (SSSR count). The Morgan fingerprint density at radius 3 is 2.00 bits per heavy atom. The van der Waals surface area contributed by atoms with Crippen molar-refractivity contribution in [3.63, 3.8) is 0 Å². The zero-order valence-corrected chi connectivity index (χ0v) is 19.3. The van der Waals surface area contributed by atoms with Crippen LogP contribution in [0, 0.1) is 11.8 Å². The van der Waals surface area contributed by atoms with Gasteiger partial charge in [0.1, 0.15) is 18.4 Å². The average Bonchev–Trinajstić information content (AvgIpc) is 3.26. The number of unbranched alkanes of at least 4 members (excludes halogenated alkanes) is 9. The van der Waals surface area contributed by atoms with E-state index in [1.165, 1.54) is 82.6 Å². The molecular weight excluding hydrogens is 352 g/mol. The van der Waals surface area contributed by atoms with E-state index >= 15 is 0 Å². The second kappa shape index (κ2) is 14.4. The van der Waals surface area contributed by atoms with Crippen molar-refractivity contribution in [2.24, 2.45) is 11.8 Å². The summed E-state index contributed by atoms with van der Waals surface area (Å²) in [5, 5.41) is 0. The van der Waals surface area contributed by atoms with Crippen molar-refractivity contribution in [2.75, 3.05) is 0 Å². The predicted molar refractivity (Wildman–Crippen MR) is 125 cm³/mol. The van der Waals surface area contributed by atoms with E-state index in [0.29, 0.717) is 17.9 Å². The summed E-state index contributed by atoms with van der Waals surface area (Å²) in [6.45, 7) is 7.08. The lowest BCUT2D eigenvalue weighted by atomic mass is 9.81. The van der Waals surface area contributed by atoms with E-state index in [-0.39, 0.29) is 0 Å². The number of imidazole rings is 1. The maximum atomic E-state index is 3.27. The van der Waals surface area contributed by atoms with Crippen LogP contribution < -0.4 is 4.57 Å². The molecule has 162 valence electrons. The van der Waals surface area contributed by atoms with Crippen LogP contribution in [0.15, 0.2) is 49.1 Å². The molecule has 0 aliphatic rings. The van der Waals surface area contributed by atoms with E-state index in [1.807, 2.05) is 0 Å². The molecule has 2 heteroatoms. The van der Waals surface area contributed by atoms with Gasteiger partial charge < -0.3 is 0 Å². The lowest BCUT2D eigenvalue weighted by Gasteiger charge is -2.28. The monoisotopic (exact) mass is 397 g/mol. The van der Waals surface area contributed by atoms with Gasteiger partial charge in [-0.15, -0.1) is 0 Å². The van der Waals surface area contributed by atoms with E-state index in [2.05, 4.69) is 79.4 Å². The molecule has 1 aromatic carbocycles. The first-order valence-electron chi connectivity index (χ1n) is 12.3. The molecule has 0 fully saturated rings. The molecule has 2 atom stereocenters. The van der Waals surface area contributed by atoms with Crippen molar-refractivity contribution >= 4 is 0 Å². The largest absolute Gasteiger partial charge is 0.250 e. The standard InChI is InChI=1S/C27H44N2/c1-4-5-6-7-8-9-10-11-12-16-19-27(29-21-20-28-23-29)26(24(2)3)22-25-17-14-13-15-18-25/h13-15,17-18,20-21,23-24,26-27H,4-12,16,19,22H2,1-3H3/p+1. The molecular formula is C27H45N2+. The predicted octanol–water partition coefficient (Wildman–Crippen LogP) is 7.67. The number of hydrogen-bond donors (Lipinski definition) is 1. The lowest BCUT2D eigenvalue weighted by Crippen LogP contribution is -2.44. The minimum absolute atomic E-state index is 0.579. The molecule has 0 saturated carbocycles. The molecule has 0 spiro atoms. The van der Waals surface area contributed by atoms with Gasteiger partial charge in [-0.05, 0) is 30.7 Å². The van der Waals surface area contributed by atoms with Crippen LogP contribution >= 0.6 is 0 Å². The van der Waals surface area contributed by atoms with Crippen molar-refractivity contribution in [3.05, 3.63) is 54.6 Å². The van der Waals surface area contributed by atoms with E-state index in [9.17, 15) is 0 Å². The molecule has 1 N–H and O–H groups in total. The molecule has 0 aliphatic carbocycles. The summed E-state index contributed by atoms with van der Waals surface area (Å²) in [6.07, 6.45) is 23.0. The first-order valence-corrected chi connectivity index (χ1v) is 12.3. The van der Waals surface area contributed by atoms with Crippen LogP contribution in [-0.4, -0.2) is 4.98 Å². The smallest absolute Gasteiger partial charge is 0.241 e. The van der Waals surface area contributed by atoms with E-state index in [0.717, 1.165) is 0 Å². The minimum atomic E-state index is 0.579. The number of H-pyrrole nitrogens is 1. The Morgan fingerprint density at radius 2 is 1.45 bits per heavy atom. The number of nitrogens with one attached hydrogen (secondary N) is 1. The average molecular weight is 398 g/mol. The van der Waals surface area contributed by atoms with Crippen molar-refractivity contribution < 1.29 is 4.57 Å². The molecule has 1 aromatic heterocycles. The van der Waals surface area contributed by atoms with Gasteiger partial charge in [0.25, 0.3) is 0 Å².